The van der Waals surface area contributed by atoms with Crippen LogP contribution in [0.3, 0.4) is 0 Å². The molecule has 7 nitrogen and oxygen atoms in total. The van der Waals surface area contributed by atoms with E-state index in [1.165, 1.54) is 22.7 Å². The average Bonchev–Trinajstić information content (AvgIpc) is 3.38. The van der Waals surface area contributed by atoms with Gasteiger partial charge in [-0.05, 0) is 26.0 Å². The standard InChI is InChI=1S/C17H16N2O5S2/c1-9-3-4-12(23-9)14-19-11(8-25-14)16(20)24-10(2)13-7-18-15(26-13)17-21-5-6-22-17/h3-4,7-8,10,17H,5-6H2,1-2H3. The van der Waals surface area contributed by atoms with Crippen LogP contribution in [0.4, 0.5) is 0 Å². The number of hydrogen-bond acceptors (Lipinski definition) is 9. The van der Waals surface area contributed by atoms with Crippen LogP contribution in [0.15, 0.2) is 28.1 Å². The van der Waals surface area contributed by atoms with Gasteiger partial charge in [-0.3, -0.25) is 0 Å². The molecule has 0 bridgehead atoms. The van der Waals surface area contributed by atoms with Gasteiger partial charge in [-0.2, -0.15) is 0 Å². The van der Waals surface area contributed by atoms with E-state index in [1.54, 1.807) is 18.5 Å². The number of rotatable bonds is 5. The Kier molecular flexibility index (Phi) is 4.86. The van der Waals surface area contributed by atoms with Crippen LogP contribution in [0, 0.1) is 6.92 Å². The van der Waals surface area contributed by atoms with Crippen LogP contribution >= 0.6 is 22.7 Å². The maximum absolute atomic E-state index is 12.4. The molecule has 136 valence electrons. The number of carbonyl (C=O) groups excluding carboxylic acids is 1. The van der Waals surface area contributed by atoms with Crippen molar-refractivity contribution in [2.45, 2.75) is 26.2 Å². The lowest BCUT2D eigenvalue weighted by atomic mass is 10.3. The van der Waals surface area contributed by atoms with E-state index in [0.29, 0.717) is 24.0 Å². The molecule has 26 heavy (non-hydrogen) atoms. The van der Waals surface area contributed by atoms with Crippen molar-refractivity contribution in [3.05, 3.63) is 45.0 Å². The fourth-order valence-electron chi connectivity index (χ4n) is 2.41. The van der Waals surface area contributed by atoms with Crippen molar-refractivity contribution in [3.63, 3.8) is 0 Å². The minimum atomic E-state index is -0.480. The van der Waals surface area contributed by atoms with Gasteiger partial charge in [-0.25, -0.2) is 14.8 Å². The van der Waals surface area contributed by atoms with E-state index in [0.717, 1.165) is 15.6 Å². The molecule has 1 aliphatic heterocycles. The highest BCUT2D eigenvalue weighted by molar-refractivity contribution is 7.13. The Hall–Kier alpha value is -2.07. The fourth-order valence-corrected chi connectivity index (χ4v) is 4.06. The van der Waals surface area contributed by atoms with Gasteiger partial charge in [0.25, 0.3) is 0 Å². The number of hydrogen-bond donors (Lipinski definition) is 0. The lowest BCUT2D eigenvalue weighted by molar-refractivity contribution is -0.0442. The third kappa shape index (κ3) is 3.56. The third-order valence-corrected chi connectivity index (χ3v) is 5.75. The minimum absolute atomic E-state index is 0.262. The first kappa shape index (κ1) is 17.3. The Balaban J connectivity index is 1.42. The summed E-state index contributed by atoms with van der Waals surface area (Å²) in [5, 5.41) is 3.04. The van der Waals surface area contributed by atoms with Crippen molar-refractivity contribution in [3.8, 4) is 10.8 Å². The zero-order valence-corrected chi connectivity index (χ0v) is 15.8. The van der Waals surface area contributed by atoms with Crippen LogP contribution in [-0.2, 0) is 14.2 Å². The summed E-state index contributed by atoms with van der Waals surface area (Å²) in [6, 6.07) is 3.69. The van der Waals surface area contributed by atoms with Crippen molar-refractivity contribution in [1.29, 1.82) is 0 Å². The van der Waals surface area contributed by atoms with Crippen LogP contribution in [-0.4, -0.2) is 29.2 Å². The molecule has 3 aromatic rings. The lowest BCUT2D eigenvalue weighted by Gasteiger charge is -2.09. The molecule has 0 N–H and O–H groups in total. The summed E-state index contributed by atoms with van der Waals surface area (Å²) in [4.78, 5) is 21.8. The first-order valence-corrected chi connectivity index (χ1v) is 9.72. The van der Waals surface area contributed by atoms with Crippen molar-refractivity contribution in [2.24, 2.45) is 0 Å². The van der Waals surface area contributed by atoms with E-state index >= 15 is 0 Å². The smallest absolute Gasteiger partial charge is 0.358 e. The van der Waals surface area contributed by atoms with E-state index in [9.17, 15) is 4.79 Å². The second-order valence-corrected chi connectivity index (χ2v) is 7.62. The van der Waals surface area contributed by atoms with Crippen molar-refractivity contribution in [1.82, 2.24) is 9.97 Å². The first-order chi connectivity index (χ1) is 12.6. The Labute approximate surface area is 157 Å². The monoisotopic (exact) mass is 392 g/mol. The highest BCUT2D eigenvalue weighted by Gasteiger charge is 2.24. The molecule has 0 aromatic carbocycles. The number of aryl methyl sites for hydroxylation is 1. The third-order valence-electron chi connectivity index (χ3n) is 3.71. The second-order valence-electron chi connectivity index (χ2n) is 5.67. The Morgan fingerprint density at radius 2 is 2.15 bits per heavy atom. The topological polar surface area (TPSA) is 83.7 Å². The van der Waals surface area contributed by atoms with Gasteiger partial charge >= 0.3 is 5.97 Å². The minimum Gasteiger partial charge on any atom is -0.459 e. The van der Waals surface area contributed by atoms with Crippen molar-refractivity contribution < 1.29 is 23.4 Å². The van der Waals surface area contributed by atoms with Crippen molar-refractivity contribution in [2.75, 3.05) is 13.2 Å². The number of thiazole rings is 2. The van der Waals surface area contributed by atoms with Crippen LogP contribution < -0.4 is 0 Å². The SMILES string of the molecule is Cc1ccc(-c2nc(C(=O)OC(C)c3cnc(C4OCCO4)s3)cs2)o1. The summed E-state index contributed by atoms with van der Waals surface area (Å²) in [5.41, 5.74) is 0.262. The molecule has 0 spiro atoms. The highest BCUT2D eigenvalue weighted by atomic mass is 32.1. The Morgan fingerprint density at radius 1 is 1.35 bits per heavy atom. The number of furan rings is 1. The zero-order chi connectivity index (χ0) is 18.1. The van der Waals surface area contributed by atoms with Crippen LogP contribution in [0.2, 0.25) is 0 Å². The van der Waals surface area contributed by atoms with Crippen LogP contribution in [0.25, 0.3) is 10.8 Å². The molecule has 1 saturated heterocycles. The molecule has 0 radical (unpaired) electrons. The maximum atomic E-state index is 12.4. The molecule has 0 amide bonds. The van der Waals surface area contributed by atoms with Gasteiger partial charge in [0.2, 0.25) is 6.29 Å². The molecular formula is C17H16N2O5S2. The molecule has 4 rings (SSSR count). The van der Waals surface area contributed by atoms with Crippen molar-refractivity contribution >= 4 is 28.6 Å². The number of carbonyl (C=O) groups is 1. The summed E-state index contributed by atoms with van der Waals surface area (Å²) in [5.74, 6) is 0.957. The Morgan fingerprint density at radius 3 is 2.88 bits per heavy atom. The van der Waals surface area contributed by atoms with Crippen LogP contribution in [0.5, 0.6) is 0 Å². The fraction of sp³-hybridized carbons (Fsp3) is 0.353. The van der Waals surface area contributed by atoms with Gasteiger partial charge in [-0.1, -0.05) is 0 Å². The predicted molar refractivity (Wildman–Crippen MR) is 95.1 cm³/mol. The first-order valence-electron chi connectivity index (χ1n) is 8.02. The molecule has 9 heteroatoms. The predicted octanol–water partition coefficient (Wildman–Crippen LogP) is 4.13. The van der Waals surface area contributed by atoms with Gasteiger partial charge in [0.15, 0.2) is 16.5 Å². The molecule has 0 aliphatic carbocycles. The van der Waals surface area contributed by atoms with Gasteiger partial charge in [-0.15, -0.1) is 22.7 Å². The van der Waals surface area contributed by atoms with E-state index in [4.69, 9.17) is 18.6 Å². The number of nitrogens with zero attached hydrogens (tertiary/aromatic N) is 2. The molecule has 3 aromatic heterocycles. The summed E-state index contributed by atoms with van der Waals surface area (Å²) >= 11 is 2.75. The zero-order valence-electron chi connectivity index (χ0n) is 14.1. The maximum Gasteiger partial charge on any atom is 0.358 e. The molecule has 1 aliphatic rings. The summed E-state index contributed by atoms with van der Waals surface area (Å²) in [7, 11) is 0. The Bertz CT molecular complexity index is 910. The largest absolute Gasteiger partial charge is 0.459 e. The summed E-state index contributed by atoms with van der Waals surface area (Å²) in [6.07, 6.45) is 0.821. The summed E-state index contributed by atoms with van der Waals surface area (Å²) in [6.45, 7) is 4.78. The lowest BCUT2D eigenvalue weighted by Crippen LogP contribution is -2.08. The molecule has 4 heterocycles. The van der Waals surface area contributed by atoms with E-state index < -0.39 is 18.4 Å². The molecule has 1 unspecified atom stereocenters. The molecule has 1 atom stereocenters. The van der Waals surface area contributed by atoms with Gasteiger partial charge in [0.1, 0.15) is 16.9 Å². The summed E-state index contributed by atoms with van der Waals surface area (Å²) < 4.78 is 21.9. The number of aromatic nitrogens is 2. The van der Waals surface area contributed by atoms with Gasteiger partial charge in [0.05, 0.1) is 18.1 Å². The van der Waals surface area contributed by atoms with E-state index in [-0.39, 0.29) is 5.69 Å². The average molecular weight is 392 g/mol. The number of esters is 1. The molecule has 1 fully saturated rings. The number of ether oxygens (including phenoxy) is 3. The van der Waals surface area contributed by atoms with E-state index in [1.807, 2.05) is 19.1 Å². The highest BCUT2D eigenvalue weighted by Crippen LogP contribution is 2.32. The van der Waals surface area contributed by atoms with E-state index in [2.05, 4.69) is 9.97 Å². The molecular weight excluding hydrogens is 376 g/mol. The van der Waals surface area contributed by atoms with Gasteiger partial charge in [0, 0.05) is 11.6 Å². The quantitative estimate of drug-likeness (QED) is 0.604. The van der Waals surface area contributed by atoms with Gasteiger partial charge < -0.3 is 18.6 Å². The molecule has 0 saturated carbocycles. The second kappa shape index (κ2) is 7.28. The normalized spacial score (nSPS) is 16.1. The van der Waals surface area contributed by atoms with Crippen LogP contribution in [0.1, 0.15) is 45.5 Å².